The molecule has 2 amide bonds. The van der Waals surface area contributed by atoms with Gasteiger partial charge in [-0.15, -0.1) is 0 Å². The minimum absolute atomic E-state index is 0.132. The van der Waals surface area contributed by atoms with Crippen LogP contribution in [0.3, 0.4) is 0 Å². The third-order valence-corrected chi connectivity index (χ3v) is 7.40. The molecule has 0 spiro atoms. The summed E-state index contributed by atoms with van der Waals surface area (Å²) in [5, 5.41) is 10.7. The van der Waals surface area contributed by atoms with Crippen molar-refractivity contribution in [2.75, 3.05) is 32.4 Å². The van der Waals surface area contributed by atoms with E-state index in [1.54, 1.807) is 4.90 Å². The summed E-state index contributed by atoms with van der Waals surface area (Å²) in [5.41, 5.74) is 1.06. The average Bonchev–Trinajstić information content (AvgIpc) is 3.15. The molecule has 0 radical (unpaired) electrons. The van der Waals surface area contributed by atoms with Gasteiger partial charge in [-0.25, -0.2) is 8.42 Å². The number of aromatic amines is 1. The van der Waals surface area contributed by atoms with Gasteiger partial charge in [0.25, 0.3) is 5.91 Å². The molecule has 2 atom stereocenters. The molecule has 2 heterocycles. The first-order valence-corrected chi connectivity index (χ1v) is 12.2. The monoisotopic (exact) mass is 433 g/mol. The maximum atomic E-state index is 13.2. The van der Waals surface area contributed by atoms with Gasteiger partial charge in [0.2, 0.25) is 15.9 Å². The van der Waals surface area contributed by atoms with Gasteiger partial charge < -0.3 is 10.2 Å². The zero-order chi connectivity index (χ0) is 21.3. The second kappa shape index (κ2) is 8.35. The summed E-state index contributed by atoms with van der Waals surface area (Å²) in [6.07, 6.45) is 4.33. The normalized spacial score (nSPS) is 24.3. The Morgan fingerprint density at radius 2 is 1.90 bits per heavy atom. The van der Waals surface area contributed by atoms with Crippen LogP contribution in [0.5, 0.6) is 0 Å². The first-order valence-electron chi connectivity index (χ1n) is 10.3. The second-order valence-corrected chi connectivity index (χ2v) is 9.97. The number of fused-ring (bicyclic) bond motifs is 2. The Bertz CT molecular complexity index is 1050. The van der Waals surface area contributed by atoms with Crippen LogP contribution < -0.4 is 5.32 Å². The molecule has 2 aliphatic rings. The molecular weight excluding hydrogens is 406 g/mol. The Morgan fingerprint density at radius 1 is 1.13 bits per heavy atom. The first kappa shape index (κ1) is 20.8. The third kappa shape index (κ3) is 4.06. The average molecular weight is 434 g/mol. The lowest BCUT2D eigenvalue weighted by atomic mass is 9.83. The Balaban J connectivity index is 1.62. The molecule has 2 fully saturated rings. The number of carbonyl (C=O) groups excluding carboxylic acids is 2. The van der Waals surface area contributed by atoms with Gasteiger partial charge in [0.1, 0.15) is 0 Å². The quantitative estimate of drug-likeness (QED) is 0.732. The van der Waals surface area contributed by atoms with Gasteiger partial charge in [-0.05, 0) is 18.9 Å². The molecule has 30 heavy (non-hydrogen) atoms. The van der Waals surface area contributed by atoms with Crippen LogP contribution in [0, 0.1) is 5.92 Å². The highest BCUT2D eigenvalue weighted by Crippen LogP contribution is 2.30. The molecule has 0 bridgehead atoms. The third-order valence-electron chi connectivity index (χ3n) is 6.09. The van der Waals surface area contributed by atoms with Crippen molar-refractivity contribution < 1.29 is 18.0 Å². The van der Waals surface area contributed by atoms with Gasteiger partial charge in [0.05, 0.1) is 17.7 Å². The lowest BCUT2D eigenvalue weighted by molar-refractivity contribution is -0.127. The number of para-hydroxylation sites is 1. The van der Waals surface area contributed by atoms with Crippen LogP contribution in [-0.4, -0.2) is 78.1 Å². The number of hydrogen-bond donors (Lipinski definition) is 2. The summed E-state index contributed by atoms with van der Waals surface area (Å²) in [5.74, 6) is -0.755. The lowest BCUT2D eigenvalue weighted by Gasteiger charge is -2.39. The first-order chi connectivity index (χ1) is 14.4. The Hall–Kier alpha value is -2.46. The molecule has 1 aliphatic carbocycles. The van der Waals surface area contributed by atoms with Crippen molar-refractivity contribution in [1.29, 1.82) is 0 Å². The summed E-state index contributed by atoms with van der Waals surface area (Å²) in [4.78, 5) is 27.6. The standard InChI is InChI=1S/C20H27N5O4S/c1-30(28,29)25-13-12-24(11-10-21-19(26)15-7-3-5-9-17(15)25)20(27)18-14-6-2-4-8-16(14)22-23-18/h2,4,6,8,15,17H,3,5,7,9-13H2,1H3,(H,21,26)(H,22,23)/t15-,17+/m0/s1. The molecule has 0 unspecified atom stereocenters. The zero-order valence-electron chi connectivity index (χ0n) is 17.0. The van der Waals surface area contributed by atoms with Crippen LogP contribution in [0.15, 0.2) is 24.3 Å². The minimum atomic E-state index is -3.53. The van der Waals surface area contributed by atoms with E-state index < -0.39 is 10.0 Å². The molecule has 2 aromatic rings. The fourth-order valence-electron chi connectivity index (χ4n) is 4.59. The molecule has 1 saturated carbocycles. The van der Waals surface area contributed by atoms with E-state index in [2.05, 4.69) is 15.5 Å². The van der Waals surface area contributed by atoms with Crippen LogP contribution in [-0.2, 0) is 14.8 Å². The number of hydrogen-bond acceptors (Lipinski definition) is 5. The highest BCUT2D eigenvalue weighted by molar-refractivity contribution is 7.88. The van der Waals surface area contributed by atoms with Gasteiger partial charge in [0, 0.05) is 37.6 Å². The topological polar surface area (TPSA) is 115 Å². The van der Waals surface area contributed by atoms with E-state index in [9.17, 15) is 18.0 Å². The predicted octanol–water partition coefficient (Wildman–Crippen LogP) is 0.955. The summed E-state index contributed by atoms with van der Waals surface area (Å²) < 4.78 is 26.6. The van der Waals surface area contributed by atoms with Crippen LogP contribution in [0.25, 0.3) is 10.9 Å². The van der Waals surface area contributed by atoms with Gasteiger partial charge in [-0.1, -0.05) is 31.0 Å². The van der Waals surface area contributed by atoms with E-state index in [1.165, 1.54) is 10.6 Å². The van der Waals surface area contributed by atoms with Crippen molar-refractivity contribution in [3.05, 3.63) is 30.0 Å². The fraction of sp³-hybridized carbons (Fsp3) is 0.550. The molecule has 162 valence electrons. The number of aromatic nitrogens is 2. The van der Waals surface area contributed by atoms with Crippen molar-refractivity contribution >= 4 is 32.7 Å². The number of carbonyl (C=O) groups is 2. The van der Waals surface area contributed by atoms with Crippen molar-refractivity contribution in [2.24, 2.45) is 5.92 Å². The van der Waals surface area contributed by atoms with Crippen LogP contribution >= 0.6 is 0 Å². The molecule has 1 aliphatic heterocycles. The van der Waals surface area contributed by atoms with E-state index in [4.69, 9.17) is 0 Å². The summed E-state index contributed by atoms with van der Waals surface area (Å²) >= 11 is 0. The highest BCUT2D eigenvalue weighted by Gasteiger charge is 2.39. The van der Waals surface area contributed by atoms with E-state index in [1.807, 2.05) is 24.3 Å². The molecule has 1 aromatic heterocycles. The van der Waals surface area contributed by atoms with Gasteiger partial charge in [-0.3, -0.25) is 14.7 Å². The lowest BCUT2D eigenvalue weighted by Crippen LogP contribution is -2.55. The number of nitrogens with one attached hydrogen (secondary N) is 2. The zero-order valence-corrected chi connectivity index (χ0v) is 17.8. The van der Waals surface area contributed by atoms with Crippen LogP contribution in [0.2, 0.25) is 0 Å². The number of amides is 2. The van der Waals surface area contributed by atoms with Crippen molar-refractivity contribution in [3.63, 3.8) is 0 Å². The van der Waals surface area contributed by atoms with E-state index in [0.717, 1.165) is 23.7 Å². The summed E-state index contributed by atoms with van der Waals surface area (Å²) in [7, 11) is -3.53. The Morgan fingerprint density at radius 3 is 2.70 bits per heavy atom. The van der Waals surface area contributed by atoms with E-state index in [-0.39, 0.29) is 36.9 Å². The number of nitrogens with zero attached hydrogens (tertiary/aromatic N) is 3. The minimum Gasteiger partial charge on any atom is -0.354 e. The van der Waals surface area contributed by atoms with Crippen LogP contribution in [0.4, 0.5) is 0 Å². The number of H-pyrrole nitrogens is 1. The maximum absolute atomic E-state index is 13.2. The molecular formula is C20H27N5O4S. The number of sulfonamides is 1. The number of benzene rings is 1. The summed E-state index contributed by atoms with van der Waals surface area (Å²) in [6.45, 7) is 1.03. The molecule has 4 rings (SSSR count). The molecule has 1 saturated heterocycles. The van der Waals surface area contributed by atoms with Crippen molar-refractivity contribution in [1.82, 2.24) is 24.7 Å². The molecule has 10 heteroatoms. The molecule has 2 N–H and O–H groups in total. The van der Waals surface area contributed by atoms with Gasteiger partial charge >= 0.3 is 0 Å². The predicted molar refractivity (Wildman–Crippen MR) is 112 cm³/mol. The van der Waals surface area contributed by atoms with Gasteiger partial charge in [-0.2, -0.15) is 9.40 Å². The number of rotatable bonds is 2. The SMILES string of the molecule is CS(=O)(=O)N1CCN(C(=O)c2n[nH]c3ccccc23)CCNC(=O)[C@H]2CCCC[C@H]21. The van der Waals surface area contributed by atoms with E-state index in [0.29, 0.717) is 31.6 Å². The molecule has 1 aromatic carbocycles. The molecule has 9 nitrogen and oxygen atoms in total. The van der Waals surface area contributed by atoms with E-state index >= 15 is 0 Å². The van der Waals surface area contributed by atoms with Crippen molar-refractivity contribution in [2.45, 2.75) is 31.7 Å². The largest absolute Gasteiger partial charge is 0.354 e. The Kier molecular flexibility index (Phi) is 5.79. The fourth-order valence-corrected chi connectivity index (χ4v) is 5.75. The smallest absolute Gasteiger partial charge is 0.275 e. The van der Waals surface area contributed by atoms with Gasteiger partial charge in [0.15, 0.2) is 5.69 Å². The summed E-state index contributed by atoms with van der Waals surface area (Å²) in [6, 6.07) is 7.00. The van der Waals surface area contributed by atoms with Crippen LogP contribution in [0.1, 0.15) is 36.2 Å². The highest BCUT2D eigenvalue weighted by atomic mass is 32.2. The van der Waals surface area contributed by atoms with Crippen molar-refractivity contribution in [3.8, 4) is 0 Å². The second-order valence-electron chi connectivity index (χ2n) is 8.03. The Labute approximate surface area is 175 Å². The maximum Gasteiger partial charge on any atom is 0.275 e.